The first-order valence-electron chi connectivity index (χ1n) is 6.17. The summed E-state index contributed by atoms with van der Waals surface area (Å²) in [4.78, 5) is 47.8. The van der Waals surface area contributed by atoms with Crippen molar-refractivity contribution in [3.05, 3.63) is 35.4 Å². The summed E-state index contributed by atoms with van der Waals surface area (Å²) in [6.07, 6.45) is 0. The summed E-state index contributed by atoms with van der Waals surface area (Å²) in [6.45, 7) is 1.21. The highest BCUT2D eigenvalue weighted by Gasteiger charge is 2.41. The third-order valence-corrected chi connectivity index (χ3v) is 3.54. The Morgan fingerprint density at radius 3 is 2.14 bits per heavy atom. The highest BCUT2D eigenvalue weighted by molar-refractivity contribution is 8.13. The van der Waals surface area contributed by atoms with Gasteiger partial charge < -0.3 is 5.73 Å². The Balaban J connectivity index is 2.38. The SMILES string of the molecule is CCSC(=O)N(CC(N)=O)N1C(=O)c2ccccc2C1=O. The van der Waals surface area contributed by atoms with Gasteiger partial charge in [0.15, 0.2) is 0 Å². The summed E-state index contributed by atoms with van der Waals surface area (Å²) < 4.78 is 0. The molecule has 110 valence electrons. The summed E-state index contributed by atoms with van der Waals surface area (Å²) in [5.41, 5.74) is 5.50. The molecule has 0 atom stereocenters. The molecule has 0 aromatic heterocycles. The number of fused-ring (bicyclic) bond motifs is 1. The Bertz CT molecular complexity index is 597. The molecule has 1 aromatic carbocycles. The van der Waals surface area contributed by atoms with Crippen LogP contribution in [0.25, 0.3) is 0 Å². The van der Waals surface area contributed by atoms with Gasteiger partial charge in [-0.15, -0.1) is 0 Å². The first kappa shape index (κ1) is 15.0. The maximum atomic E-state index is 12.3. The molecule has 21 heavy (non-hydrogen) atoms. The Hall–Kier alpha value is -2.35. The highest BCUT2D eigenvalue weighted by atomic mass is 32.2. The fraction of sp³-hybridized carbons (Fsp3) is 0.231. The smallest absolute Gasteiger partial charge is 0.301 e. The van der Waals surface area contributed by atoms with Gasteiger partial charge >= 0.3 is 5.24 Å². The minimum atomic E-state index is -0.809. The van der Waals surface area contributed by atoms with Crippen molar-refractivity contribution in [3.8, 4) is 0 Å². The van der Waals surface area contributed by atoms with Crippen LogP contribution < -0.4 is 5.73 Å². The molecule has 0 spiro atoms. The van der Waals surface area contributed by atoms with Crippen LogP contribution in [-0.2, 0) is 4.79 Å². The number of primary amides is 1. The molecule has 0 unspecified atom stereocenters. The lowest BCUT2D eigenvalue weighted by Gasteiger charge is -2.28. The van der Waals surface area contributed by atoms with E-state index in [4.69, 9.17) is 5.73 Å². The predicted molar refractivity (Wildman–Crippen MR) is 76.4 cm³/mol. The molecule has 1 aliphatic rings. The van der Waals surface area contributed by atoms with E-state index in [-0.39, 0.29) is 11.1 Å². The van der Waals surface area contributed by atoms with Crippen LogP contribution in [0.2, 0.25) is 0 Å². The zero-order valence-corrected chi connectivity index (χ0v) is 12.1. The van der Waals surface area contributed by atoms with Crippen molar-refractivity contribution in [1.82, 2.24) is 10.0 Å². The summed E-state index contributed by atoms with van der Waals surface area (Å²) in [6, 6.07) is 6.23. The van der Waals surface area contributed by atoms with E-state index in [1.807, 2.05) is 0 Å². The molecule has 0 fully saturated rings. The van der Waals surface area contributed by atoms with Crippen molar-refractivity contribution in [1.29, 1.82) is 0 Å². The third-order valence-electron chi connectivity index (χ3n) is 2.80. The molecule has 7 nitrogen and oxygen atoms in total. The standard InChI is InChI=1S/C13H13N3O4S/c1-2-21-13(20)15(7-10(14)17)16-11(18)8-5-3-4-6-9(8)12(16)19/h3-6H,2,7H2,1H3,(H2,14,17). The second-order valence-electron chi connectivity index (χ2n) is 4.19. The van der Waals surface area contributed by atoms with E-state index >= 15 is 0 Å². The molecule has 1 aliphatic heterocycles. The van der Waals surface area contributed by atoms with Gasteiger partial charge in [-0.05, 0) is 17.9 Å². The molecule has 1 aromatic rings. The molecule has 4 amide bonds. The number of rotatable bonds is 4. The largest absolute Gasteiger partial charge is 0.368 e. The minimum Gasteiger partial charge on any atom is -0.368 e. The fourth-order valence-electron chi connectivity index (χ4n) is 1.96. The van der Waals surface area contributed by atoms with Crippen molar-refractivity contribution in [2.75, 3.05) is 12.3 Å². The number of benzene rings is 1. The molecular weight excluding hydrogens is 294 g/mol. The number of nitrogens with zero attached hydrogens (tertiary/aromatic N) is 2. The number of hydrogen-bond donors (Lipinski definition) is 1. The maximum absolute atomic E-state index is 12.3. The molecule has 0 bridgehead atoms. The molecule has 0 saturated heterocycles. The lowest BCUT2D eigenvalue weighted by molar-refractivity contribution is -0.120. The number of imide groups is 1. The van der Waals surface area contributed by atoms with Crippen LogP contribution in [0.3, 0.4) is 0 Å². The van der Waals surface area contributed by atoms with Crippen molar-refractivity contribution in [2.45, 2.75) is 6.92 Å². The van der Waals surface area contributed by atoms with E-state index in [1.54, 1.807) is 19.1 Å². The summed E-state index contributed by atoms with van der Waals surface area (Å²) in [5.74, 6) is -1.64. The van der Waals surface area contributed by atoms with Gasteiger partial charge in [0.05, 0.1) is 11.1 Å². The average molecular weight is 307 g/mol. The molecule has 1 heterocycles. The summed E-state index contributed by atoms with van der Waals surface area (Å²) in [7, 11) is 0. The lowest BCUT2D eigenvalue weighted by atomic mass is 10.1. The highest BCUT2D eigenvalue weighted by Crippen LogP contribution is 2.25. The zero-order valence-electron chi connectivity index (χ0n) is 11.2. The predicted octanol–water partition coefficient (Wildman–Crippen LogP) is 0.858. The Kier molecular flexibility index (Phi) is 4.27. The summed E-state index contributed by atoms with van der Waals surface area (Å²) >= 11 is 0.884. The van der Waals surface area contributed by atoms with Crippen LogP contribution in [-0.4, -0.2) is 45.3 Å². The number of hydrazine groups is 1. The molecule has 0 radical (unpaired) electrons. The van der Waals surface area contributed by atoms with Gasteiger partial charge in [-0.1, -0.05) is 30.8 Å². The number of hydrogen-bond acceptors (Lipinski definition) is 5. The van der Waals surface area contributed by atoms with E-state index in [9.17, 15) is 19.2 Å². The first-order valence-corrected chi connectivity index (χ1v) is 7.16. The van der Waals surface area contributed by atoms with Gasteiger partial charge in [0.25, 0.3) is 11.8 Å². The van der Waals surface area contributed by atoms with E-state index in [2.05, 4.69) is 0 Å². The Labute approximate surface area is 125 Å². The average Bonchev–Trinajstić information content (AvgIpc) is 2.69. The number of carbonyl (C=O) groups is 4. The topological polar surface area (TPSA) is 101 Å². The molecule has 0 saturated carbocycles. The first-order chi connectivity index (χ1) is 9.97. The number of thioether (sulfide) groups is 1. The molecular formula is C13H13N3O4S. The van der Waals surface area contributed by atoms with E-state index < -0.39 is 29.5 Å². The Morgan fingerprint density at radius 2 is 1.71 bits per heavy atom. The molecule has 8 heteroatoms. The quantitative estimate of drug-likeness (QED) is 0.831. The normalized spacial score (nSPS) is 13.3. The second-order valence-corrected chi connectivity index (χ2v) is 5.41. The second kappa shape index (κ2) is 5.96. The molecule has 2 rings (SSSR count). The van der Waals surface area contributed by atoms with E-state index in [0.717, 1.165) is 16.8 Å². The van der Waals surface area contributed by atoms with E-state index in [1.165, 1.54) is 12.1 Å². The van der Waals surface area contributed by atoms with Crippen LogP contribution in [0.5, 0.6) is 0 Å². The van der Waals surface area contributed by atoms with Crippen LogP contribution in [0.4, 0.5) is 4.79 Å². The van der Waals surface area contributed by atoms with Gasteiger partial charge in [-0.2, -0.15) is 5.01 Å². The van der Waals surface area contributed by atoms with Crippen LogP contribution >= 0.6 is 11.8 Å². The van der Waals surface area contributed by atoms with Crippen molar-refractivity contribution < 1.29 is 19.2 Å². The van der Waals surface area contributed by atoms with Gasteiger partial charge in [0.1, 0.15) is 6.54 Å². The van der Waals surface area contributed by atoms with Crippen molar-refractivity contribution in [2.24, 2.45) is 5.73 Å². The third kappa shape index (κ3) is 2.75. The molecule has 2 N–H and O–H groups in total. The van der Waals surface area contributed by atoms with Crippen LogP contribution in [0.15, 0.2) is 24.3 Å². The fourth-order valence-corrected chi connectivity index (χ4v) is 2.50. The Morgan fingerprint density at radius 1 is 1.19 bits per heavy atom. The summed E-state index contributed by atoms with van der Waals surface area (Å²) in [5, 5.41) is 0.896. The zero-order chi connectivity index (χ0) is 15.6. The van der Waals surface area contributed by atoms with Crippen LogP contribution in [0.1, 0.15) is 27.6 Å². The number of nitrogens with two attached hydrogens (primary N) is 1. The van der Waals surface area contributed by atoms with Crippen LogP contribution in [0, 0.1) is 0 Å². The molecule has 0 aliphatic carbocycles. The maximum Gasteiger partial charge on any atom is 0.301 e. The van der Waals surface area contributed by atoms with Gasteiger partial charge in [-0.3, -0.25) is 19.2 Å². The lowest BCUT2D eigenvalue weighted by Crippen LogP contribution is -2.51. The van der Waals surface area contributed by atoms with Gasteiger partial charge in [-0.25, -0.2) is 5.01 Å². The number of carbonyl (C=O) groups excluding carboxylic acids is 4. The van der Waals surface area contributed by atoms with Crippen molar-refractivity contribution in [3.63, 3.8) is 0 Å². The number of amides is 4. The monoisotopic (exact) mass is 307 g/mol. The van der Waals surface area contributed by atoms with Crippen molar-refractivity contribution >= 4 is 34.7 Å². The van der Waals surface area contributed by atoms with Gasteiger partial charge in [0.2, 0.25) is 5.91 Å². The van der Waals surface area contributed by atoms with E-state index in [0.29, 0.717) is 10.8 Å². The minimum absolute atomic E-state index is 0.200. The van der Waals surface area contributed by atoms with Gasteiger partial charge in [0, 0.05) is 0 Å².